The molecule has 1 N–H and O–H groups in total. The van der Waals surface area contributed by atoms with E-state index in [0.29, 0.717) is 18.3 Å². The van der Waals surface area contributed by atoms with Crippen molar-refractivity contribution in [3.05, 3.63) is 53.6 Å². The van der Waals surface area contributed by atoms with E-state index in [1.807, 2.05) is 24.3 Å². The monoisotopic (exact) mass is 398 g/mol. The van der Waals surface area contributed by atoms with Crippen LogP contribution in [0.4, 0.5) is 0 Å². The highest BCUT2D eigenvalue weighted by atomic mass is 16.5. The first kappa shape index (κ1) is 21.5. The van der Waals surface area contributed by atoms with E-state index >= 15 is 0 Å². The Balaban J connectivity index is 1.99. The molecule has 2 aromatic rings. The van der Waals surface area contributed by atoms with Gasteiger partial charge in [0.15, 0.2) is 11.5 Å². The predicted octanol–water partition coefficient (Wildman–Crippen LogP) is 4.28. The van der Waals surface area contributed by atoms with Crippen LogP contribution in [-0.4, -0.2) is 45.3 Å². The number of benzene rings is 2. The Labute approximate surface area is 175 Å². The van der Waals surface area contributed by atoms with Crippen molar-refractivity contribution >= 4 is 0 Å². The van der Waals surface area contributed by atoms with Crippen molar-refractivity contribution < 1.29 is 14.2 Å². The van der Waals surface area contributed by atoms with Crippen molar-refractivity contribution in [1.82, 2.24) is 10.2 Å². The molecule has 0 amide bonds. The summed E-state index contributed by atoms with van der Waals surface area (Å²) in [5, 5.41) is 3.46. The lowest BCUT2D eigenvalue weighted by molar-refractivity contribution is 0.124. The van der Waals surface area contributed by atoms with Crippen LogP contribution in [0.3, 0.4) is 0 Å². The van der Waals surface area contributed by atoms with Gasteiger partial charge in [-0.3, -0.25) is 4.90 Å². The van der Waals surface area contributed by atoms with E-state index in [2.05, 4.69) is 42.3 Å². The smallest absolute Gasteiger partial charge is 0.164 e. The summed E-state index contributed by atoms with van der Waals surface area (Å²) in [5.41, 5.74) is 2.32. The number of hydrogen-bond donors (Lipinski definition) is 1. The van der Waals surface area contributed by atoms with Crippen molar-refractivity contribution in [2.45, 2.75) is 32.9 Å². The molecule has 2 atom stereocenters. The van der Waals surface area contributed by atoms with Crippen molar-refractivity contribution in [2.24, 2.45) is 5.92 Å². The fraction of sp³-hybridized carbons (Fsp3) is 0.500. The minimum Gasteiger partial charge on any atom is -0.493 e. The lowest BCUT2D eigenvalue weighted by Gasteiger charge is -2.39. The fourth-order valence-corrected chi connectivity index (χ4v) is 4.01. The molecule has 1 heterocycles. The zero-order chi connectivity index (χ0) is 20.6. The normalized spacial score (nSPS) is 16.8. The molecule has 0 spiro atoms. The molecule has 2 aromatic carbocycles. The number of nitrogens with one attached hydrogen (secondary N) is 1. The van der Waals surface area contributed by atoms with Gasteiger partial charge in [-0.1, -0.05) is 50.6 Å². The Bertz CT molecular complexity index is 760. The molecule has 158 valence electrons. The first-order valence-electron chi connectivity index (χ1n) is 10.5. The highest BCUT2D eigenvalue weighted by Crippen LogP contribution is 2.43. The van der Waals surface area contributed by atoms with Crippen molar-refractivity contribution in [1.29, 1.82) is 0 Å². The summed E-state index contributed by atoms with van der Waals surface area (Å²) in [6.45, 7) is 9.19. The number of nitrogens with zero attached hydrogens (tertiary/aromatic N) is 1. The van der Waals surface area contributed by atoms with E-state index in [4.69, 9.17) is 14.2 Å². The fourth-order valence-electron chi connectivity index (χ4n) is 4.01. The highest BCUT2D eigenvalue weighted by Gasteiger charge is 2.30. The van der Waals surface area contributed by atoms with Crippen molar-refractivity contribution in [2.75, 3.05) is 40.4 Å². The van der Waals surface area contributed by atoms with Gasteiger partial charge in [-0.25, -0.2) is 0 Å². The van der Waals surface area contributed by atoms with Crippen LogP contribution in [0.15, 0.2) is 42.5 Å². The van der Waals surface area contributed by atoms with E-state index < -0.39 is 0 Å². The SMILES string of the molecule is CCC(C)[C@H](c1cc(OC)c(OC)cc1OCc1ccccc1)N1CCNCC1. The lowest BCUT2D eigenvalue weighted by Crippen LogP contribution is -2.46. The lowest BCUT2D eigenvalue weighted by atomic mass is 9.89. The number of rotatable bonds is 9. The summed E-state index contributed by atoms with van der Waals surface area (Å²) in [6, 6.07) is 14.6. The van der Waals surface area contributed by atoms with Gasteiger partial charge in [0.05, 0.1) is 14.2 Å². The molecule has 0 saturated carbocycles. The Hall–Kier alpha value is -2.24. The second kappa shape index (κ2) is 10.5. The molecular weight excluding hydrogens is 364 g/mol. The molecule has 1 fully saturated rings. The Kier molecular flexibility index (Phi) is 7.78. The van der Waals surface area contributed by atoms with E-state index in [9.17, 15) is 0 Å². The summed E-state index contributed by atoms with van der Waals surface area (Å²) in [4.78, 5) is 2.57. The molecule has 5 heteroatoms. The topological polar surface area (TPSA) is 43.0 Å². The van der Waals surface area contributed by atoms with Gasteiger partial charge < -0.3 is 19.5 Å². The van der Waals surface area contributed by atoms with Crippen LogP contribution in [0.1, 0.15) is 37.4 Å². The largest absolute Gasteiger partial charge is 0.493 e. The van der Waals surface area contributed by atoms with Crippen LogP contribution in [0.2, 0.25) is 0 Å². The Morgan fingerprint density at radius 3 is 2.24 bits per heavy atom. The minimum atomic E-state index is 0.271. The van der Waals surface area contributed by atoms with E-state index in [0.717, 1.165) is 49.7 Å². The van der Waals surface area contributed by atoms with Gasteiger partial charge in [0, 0.05) is 43.9 Å². The molecule has 1 unspecified atom stereocenters. The number of piperazine rings is 1. The number of ether oxygens (including phenoxy) is 3. The molecule has 3 rings (SSSR count). The van der Waals surface area contributed by atoms with E-state index in [1.54, 1.807) is 14.2 Å². The van der Waals surface area contributed by atoms with Crippen molar-refractivity contribution in [3.63, 3.8) is 0 Å². The third kappa shape index (κ3) is 5.22. The van der Waals surface area contributed by atoms with Crippen LogP contribution in [0.5, 0.6) is 17.2 Å². The van der Waals surface area contributed by atoms with E-state index in [-0.39, 0.29) is 6.04 Å². The molecule has 0 bridgehead atoms. The van der Waals surface area contributed by atoms with Crippen LogP contribution in [0, 0.1) is 5.92 Å². The first-order chi connectivity index (χ1) is 14.2. The summed E-state index contributed by atoms with van der Waals surface area (Å²) < 4.78 is 17.6. The van der Waals surface area contributed by atoms with Gasteiger partial charge in [0.1, 0.15) is 12.4 Å². The van der Waals surface area contributed by atoms with Gasteiger partial charge in [-0.15, -0.1) is 0 Å². The second-order valence-corrected chi connectivity index (χ2v) is 7.64. The maximum atomic E-state index is 6.35. The molecule has 1 aliphatic rings. The summed E-state index contributed by atoms with van der Waals surface area (Å²) in [7, 11) is 3.36. The van der Waals surface area contributed by atoms with Crippen LogP contribution < -0.4 is 19.5 Å². The molecule has 1 saturated heterocycles. The van der Waals surface area contributed by atoms with Gasteiger partial charge in [-0.2, -0.15) is 0 Å². The molecule has 0 aromatic heterocycles. The maximum Gasteiger partial charge on any atom is 0.164 e. The average Bonchev–Trinajstić information content (AvgIpc) is 2.79. The zero-order valence-corrected chi connectivity index (χ0v) is 18.1. The third-order valence-corrected chi connectivity index (χ3v) is 5.80. The van der Waals surface area contributed by atoms with Crippen LogP contribution in [-0.2, 0) is 6.61 Å². The van der Waals surface area contributed by atoms with Gasteiger partial charge in [-0.05, 0) is 17.5 Å². The molecule has 1 aliphatic heterocycles. The second-order valence-electron chi connectivity index (χ2n) is 7.64. The van der Waals surface area contributed by atoms with E-state index in [1.165, 1.54) is 5.56 Å². The third-order valence-electron chi connectivity index (χ3n) is 5.80. The summed E-state index contributed by atoms with van der Waals surface area (Å²) in [6.07, 6.45) is 1.10. The molecule has 0 radical (unpaired) electrons. The van der Waals surface area contributed by atoms with Gasteiger partial charge >= 0.3 is 0 Å². The minimum absolute atomic E-state index is 0.271. The molecule has 0 aliphatic carbocycles. The van der Waals surface area contributed by atoms with Crippen molar-refractivity contribution in [3.8, 4) is 17.2 Å². The maximum absolute atomic E-state index is 6.35. The Morgan fingerprint density at radius 2 is 1.62 bits per heavy atom. The number of methoxy groups -OCH3 is 2. The summed E-state index contributed by atoms with van der Waals surface area (Å²) >= 11 is 0. The molecule has 29 heavy (non-hydrogen) atoms. The first-order valence-corrected chi connectivity index (χ1v) is 10.5. The van der Waals surface area contributed by atoms with Gasteiger partial charge in [0.25, 0.3) is 0 Å². The molecule has 5 nitrogen and oxygen atoms in total. The summed E-state index contributed by atoms with van der Waals surface area (Å²) in [5.74, 6) is 2.81. The quantitative estimate of drug-likeness (QED) is 0.683. The van der Waals surface area contributed by atoms with Crippen LogP contribution >= 0.6 is 0 Å². The Morgan fingerprint density at radius 1 is 0.966 bits per heavy atom. The zero-order valence-electron chi connectivity index (χ0n) is 18.1. The predicted molar refractivity (Wildman–Crippen MR) is 117 cm³/mol. The molecular formula is C24H34N2O3. The standard InChI is InChI=1S/C24H34N2O3/c1-5-18(2)24(26-13-11-25-12-14-26)20-15-22(27-3)23(28-4)16-21(20)29-17-19-9-7-6-8-10-19/h6-10,15-16,18,24-25H,5,11-14,17H2,1-4H3/t18?,24-/m1/s1. The number of hydrogen-bond acceptors (Lipinski definition) is 5. The van der Waals surface area contributed by atoms with Crippen LogP contribution in [0.25, 0.3) is 0 Å². The highest BCUT2D eigenvalue weighted by molar-refractivity contribution is 5.52. The average molecular weight is 399 g/mol. The van der Waals surface area contributed by atoms with Gasteiger partial charge in [0.2, 0.25) is 0 Å².